The smallest absolute Gasteiger partial charge is 0.0698 e. The van der Waals surface area contributed by atoms with Crippen LogP contribution in [0.5, 0.6) is 0 Å². The SMILES string of the molecule is CC=NC(C=CCCOC)C(C)C. The molecule has 0 aromatic rings. The Morgan fingerprint density at radius 3 is 2.54 bits per heavy atom. The van der Waals surface area contributed by atoms with Crippen molar-refractivity contribution in [1.29, 1.82) is 0 Å². The van der Waals surface area contributed by atoms with Crippen molar-refractivity contribution in [2.75, 3.05) is 13.7 Å². The summed E-state index contributed by atoms with van der Waals surface area (Å²) in [5.74, 6) is 0.565. The van der Waals surface area contributed by atoms with Gasteiger partial charge in [0.2, 0.25) is 0 Å². The van der Waals surface area contributed by atoms with Crippen LogP contribution >= 0.6 is 0 Å². The van der Waals surface area contributed by atoms with Crippen LogP contribution in [0.15, 0.2) is 17.1 Å². The van der Waals surface area contributed by atoms with Crippen molar-refractivity contribution < 1.29 is 4.74 Å². The highest BCUT2D eigenvalue weighted by Gasteiger charge is 2.05. The van der Waals surface area contributed by atoms with E-state index in [0.717, 1.165) is 13.0 Å². The normalized spacial score (nSPS) is 14.8. The second-order valence-corrected chi connectivity index (χ2v) is 3.35. The first-order chi connectivity index (χ1) is 6.22. The number of hydrogen-bond acceptors (Lipinski definition) is 2. The highest BCUT2D eigenvalue weighted by atomic mass is 16.5. The summed E-state index contributed by atoms with van der Waals surface area (Å²) in [5, 5.41) is 0. The summed E-state index contributed by atoms with van der Waals surface area (Å²) in [5.41, 5.74) is 0. The van der Waals surface area contributed by atoms with Crippen LogP contribution in [0.1, 0.15) is 27.2 Å². The maximum absolute atomic E-state index is 4.95. The van der Waals surface area contributed by atoms with Crippen molar-refractivity contribution in [3.05, 3.63) is 12.2 Å². The van der Waals surface area contributed by atoms with E-state index in [0.29, 0.717) is 12.0 Å². The van der Waals surface area contributed by atoms with Gasteiger partial charge in [-0.2, -0.15) is 0 Å². The third kappa shape index (κ3) is 6.52. The second-order valence-electron chi connectivity index (χ2n) is 3.35. The van der Waals surface area contributed by atoms with Crippen LogP contribution in [0.4, 0.5) is 0 Å². The number of aliphatic imine (C=N–C) groups is 1. The zero-order chi connectivity index (χ0) is 10.1. The molecule has 0 amide bonds. The van der Waals surface area contributed by atoms with Crippen LogP contribution in [0.2, 0.25) is 0 Å². The Hall–Kier alpha value is -0.630. The van der Waals surface area contributed by atoms with Gasteiger partial charge in [0.05, 0.1) is 6.04 Å². The summed E-state index contributed by atoms with van der Waals surface area (Å²) >= 11 is 0. The lowest BCUT2D eigenvalue weighted by Crippen LogP contribution is -2.09. The summed E-state index contributed by atoms with van der Waals surface area (Å²) in [4.78, 5) is 4.37. The molecule has 0 aromatic heterocycles. The van der Waals surface area contributed by atoms with Gasteiger partial charge in [0, 0.05) is 13.7 Å². The van der Waals surface area contributed by atoms with Crippen LogP contribution in [0.3, 0.4) is 0 Å². The summed E-state index contributed by atoms with van der Waals surface area (Å²) < 4.78 is 4.95. The molecule has 0 bridgehead atoms. The molecular formula is C11H21NO. The van der Waals surface area contributed by atoms with Crippen molar-refractivity contribution >= 4 is 6.21 Å². The fourth-order valence-electron chi connectivity index (χ4n) is 1.04. The molecule has 0 fully saturated rings. The molecule has 76 valence electrons. The van der Waals surface area contributed by atoms with E-state index in [1.165, 1.54) is 0 Å². The lowest BCUT2D eigenvalue weighted by molar-refractivity contribution is 0.204. The summed E-state index contributed by atoms with van der Waals surface area (Å²) in [6, 6.07) is 0.321. The molecule has 0 rings (SSSR count). The molecule has 1 unspecified atom stereocenters. The zero-order valence-corrected chi connectivity index (χ0v) is 9.16. The fraction of sp³-hybridized carbons (Fsp3) is 0.727. The highest BCUT2D eigenvalue weighted by Crippen LogP contribution is 2.07. The number of nitrogens with zero attached hydrogens (tertiary/aromatic N) is 1. The first kappa shape index (κ1) is 12.4. The van der Waals surface area contributed by atoms with Gasteiger partial charge >= 0.3 is 0 Å². The third-order valence-corrected chi connectivity index (χ3v) is 1.83. The quantitative estimate of drug-likeness (QED) is 0.352. The lowest BCUT2D eigenvalue weighted by atomic mass is 10.0. The van der Waals surface area contributed by atoms with Gasteiger partial charge in [-0.15, -0.1) is 0 Å². The molecule has 0 N–H and O–H groups in total. The van der Waals surface area contributed by atoms with Gasteiger partial charge in [-0.05, 0) is 25.5 Å². The minimum absolute atomic E-state index is 0.321. The monoisotopic (exact) mass is 183 g/mol. The third-order valence-electron chi connectivity index (χ3n) is 1.83. The first-order valence-electron chi connectivity index (χ1n) is 4.85. The highest BCUT2D eigenvalue weighted by molar-refractivity contribution is 5.53. The average molecular weight is 183 g/mol. The van der Waals surface area contributed by atoms with E-state index in [-0.39, 0.29) is 0 Å². The molecular weight excluding hydrogens is 162 g/mol. The zero-order valence-electron chi connectivity index (χ0n) is 9.16. The number of methoxy groups -OCH3 is 1. The Morgan fingerprint density at radius 2 is 2.08 bits per heavy atom. The Balaban J connectivity index is 3.87. The van der Waals surface area contributed by atoms with Crippen molar-refractivity contribution in [3.63, 3.8) is 0 Å². The van der Waals surface area contributed by atoms with Gasteiger partial charge < -0.3 is 4.74 Å². The second kappa shape index (κ2) is 7.99. The molecule has 0 radical (unpaired) electrons. The minimum atomic E-state index is 0.321. The van der Waals surface area contributed by atoms with Crippen LogP contribution < -0.4 is 0 Å². The molecule has 13 heavy (non-hydrogen) atoms. The predicted molar refractivity (Wildman–Crippen MR) is 58.4 cm³/mol. The van der Waals surface area contributed by atoms with Crippen molar-refractivity contribution in [1.82, 2.24) is 0 Å². The first-order valence-corrected chi connectivity index (χ1v) is 4.85. The van der Waals surface area contributed by atoms with Gasteiger partial charge in [-0.1, -0.05) is 26.0 Å². The van der Waals surface area contributed by atoms with E-state index < -0.39 is 0 Å². The van der Waals surface area contributed by atoms with Crippen LogP contribution in [0.25, 0.3) is 0 Å². The molecule has 0 heterocycles. The Kier molecular flexibility index (Phi) is 7.60. The van der Waals surface area contributed by atoms with Crippen LogP contribution in [-0.4, -0.2) is 26.0 Å². The van der Waals surface area contributed by atoms with E-state index in [9.17, 15) is 0 Å². The molecule has 0 aromatic carbocycles. The van der Waals surface area contributed by atoms with Gasteiger partial charge in [0.1, 0.15) is 0 Å². The summed E-state index contributed by atoms with van der Waals surface area (Å²) in [6.07, 6.45) is 7.13. The van der Waals surface area contributed by atoms with Gasteiger partial charge in [-0.3, -0.25) is 4.99 Å². The number of hydrogen-bond donors (Lipinski definition) is 0. The maximum Gasteiger partial charge on any atom is 0.0698 e. The predicted octanol–water partition coefficient (Wildman–Crippen LogP) is 2.69. The standard InChI is InChI=1S/C11H21NO/c1-5-12-11(10(2)3)8-6-7-9-13-4/h5-6,8,10-11H,7,9H2,1-4H3. The molecule has 0 aliphatic heterocycles. The van der Waals surface area contributed by atoms with E-state index >= 15 is 0 Å². The van der Waals surface area contributed by atoms with Crippen LogP contribution in [-0.2, 0) is 4.74 Å². The van der Waals surface area contributed by atoms with E-state index in [1.54, 1.807) is 7.11 Å². The van der Waals surface area contributed by atoms with Gasteiger partial charge in [0.25, 0.3) is 0 Å². The largest absolute Gasteiger partial charge is 0.384 e. The molecule has 0 aliphatic rings. The maximum atomic E-state index is 4.95. The van der Waals surface area contributed by atoms with Crippen molar-refractivity contribution in [3.8, 4) is 0 Å². The molecule has 0 spiro atoms. The molecule has 0 saturated heterocycles. The summed E-state index contributed by atoms with van der Waals surface area (Å²) in [7, 11) is 1.72. The lowest BCUT2D eigenvalue weighted by Gasteiger charge is -2.10. The molecule has 0 aliphatic carbocycles. The Bertz CT molecular complexity index is 161. The molecule has 1 atom stereocenters. The topological polar surface area (TPSA) is 21.6 Å². The van der Waals surface area contributed by atoms with E-state index in [2.05, 4.69) is 31.0 Å². The Morgan fingerprint density at radius 1 is 1.38 bits per heavy atom. The minimum Gasteiger partial charge on any atom is -0.384 e. The van der Waals surface area contributed by atoms with Gasteiger partial charge in [-0.25, -0.2) is 0 Å². The Labute approximate surface area is 81.7 Å². The molecule has 0 saturated carbocycles. The number of rotatable bonds is 6. The molecule has 2 heteroatoms. The van der Waals surface area contributed by atoms with Crippen LogP contribution in [0, 0.1) is 5.92 Å². The van der Waals surface area contributed by atoms with Crippen molar-refractivity contribution in [2.24, 2.45) is 10.9 Å². The summed E-state index contributed by atoms with van der Waals surface area (Å²) in [6.45, 7) is 7.10. The number of ether oxygens (including phenoxy) is 1. The molecule has 2 nitrogen and oxygen atoms in total. The van der Waals surface area contributed by atoms with E-state index in [1.807, 2.05) is 13.1 Å². The van der Waals surface area contributed by atoms with E-state index in [4.69, 9.17) is 4.74 Å². The fourth-order valence-corrected chi connectivity index (χ4v) is 1.04. The van der Waals surface area contributed by atoms with Crippen molar-refractivity contribution in [2.45, 2.75) is 33.2 Å². The average Bonchev–Trinajstić information content (AvgIpc) is 2.10. The van der Waals surface area contributed by atoms with Gasteiger partial charge in [0.15, 0.2) is 0 Å².